The maximum Gasteiger partial charge on any atom is 0.254 e. The summed E-state index contributed by atoms with van der Waals surface area (Å²) in [4.78, 5) is 30.3. The minimum atomic E-state index is -0.316. The highest BCUT2D eigenvalue weighted by Gasteiger charge is 2.30. The standard InChI is InChI=1S/C23H18Cl2N10O/c1-26-18-6-2-12(10-27-18)21-22(25)31-23(30-21)17-5-7-19-29-15(9-20(36)35(17)19)14-8-13(24)3-4-16(14)34-11-28-32-33-34/h2-4,6,8-11,17H,5,7H2,1H3,(H,26,27)(H,30,31)/t17-/m0/s1. The second kappa shape index (κ2) is 8.85. The van der Waals surface area contributed by atoms with E-state index in [9.17, 15) is 4.79 Å². The molecule has 0 radical (unpaired) electrons. The summed E-state index contributed by atoms with van der Waals surface area (Å²) in [5.74, 6) is 2.00. The lowest BCUT2D eigenvalue weighted by molar-refractivity contribution is 0.568. The predicted molar refractivity (Wildman–Crippen MR) is 134 cm³/mol. The van der Waals surface area contributed by atoms with Gasteiger partial charge in [-0.05, 0) is 47.2 Å². The van der Waals surface area contributed by atoms with E-state index in [2.05, 4.69) is 35.8 Å². The van der Waals surface area contributed by atoms with Crippen LogP contribution in [0.25, 0.3) is 28.2 Å². The lowest BCUT2D eigenvalue weighted by Crippen LogP contribution is -2.25. The summed E-state index contributed by atoms with van der Waals surface area (Å²) in [5.41, 5.74) is 3.06. The third-order valence-corrected chi connectivity index (χ3v) is 6.62. The number of nitrogens with zero attached hydrogens (tertiary/aromatic N) is 8. The summed E-state index contributed by atoms with van der Waals surface area (Å²) in [7, 11) is 1.80. The summed E-state index contributed by atoms with van der Waals surface area (Å²) in [5, 5.41) is 15.2. The Morgan fingerprint density at radius 3 is 2.78 bits per heavy atom. The lowest BCUT2D eigenvalue weighted by Gasteiger charge is -2.14. The van der Waals surface area contributed by atoms with Crippen molar-refractivity contribution in [3.8, 4) is 28.2 Å². The summed E-state index contributed by atoms with van der Waals surface area (Å²) in [6.45, 7) is 0. The number of H-pyrrole nitrogens is 1. The van der Waals surface area contributed by atoms with Gasteiger partial charge < -0.3 is 10.3 Å². The Morgan fingerprint density at radius 2 is 2.03 bits per heavy atom. The van der Waals surface area contributed by atoms with Crippen LogP contribution in [0.2, 0.25) is 10.2 Å². The molecule has 180 valence electrons. The Morgan fingerprint density at radius 1 is 1.14 bits per heavy atom. The van der Waals surface area contributed by atoms with Gasteiger partial charge >= 0.3 is 0 Å². The van der Waals surface area contributed by atoms with Crippen LogP contribution < -0.4 is 10.9 Å². The number of halogens is 2. The second-order valence-electron chi connectivity index (χ2n) is 8.21. The van der Waals surface area contributed by atoms with E-state index in [4.69, 9.17) is 28.2 Å². The molecule has 0 spiro atoms. The van der Waals surface area contributed by atoms with E-state index in [1.54, 1.807) is 36.0 Å². The van der Waals surface area contributed by atoms with Crippen LogP contribution in [-0.2, 0) is 6.42 Å². The first-order valence-corrected chi connectivity index (χ1v) is 11.8. The van der Waals surface area contributed by atoms with E-state index in [1.165, 1.54) is 17.1 Å². The molecule has 0 amide bonds. The molecule has 0 bridgehead atoms. The number of tetrazole rings is 1. The molecule has 5 aromatic rings. The predicted octanol–water partition coefficient (Wildman–Crippen LogP) is 3.56. The largest absolute Gasteiger partial charge is 0.373 e. The Balaban J connectivity index is 1.39. The fourth-order valence-electron chi connectivity index (χ4n) is 4.43. The van der Waals surface area contributed by atoms with Gasteiger partial charge in [0.25, 0.3) is 5.56 Å². The van der Waals surface area contributed by atoms with E-state index in [0.717, 1.165) is 11.4 Å². The van der Waals surface area contributed by atoms with Crippen molar-refractivity contribution >= 4 is 29.0 Å². The number of rotatable bonds is 5. The van der Waals surface area contributed by atoms with Gasteiger partial charge in [-0.1, -0.05) is 23.2 Å². The average molecular weight is 521 g/mol. The number of nitrogens with one attached hydrogen (secondary N) is 2. The Hall–Kier alpha value is -4.09. The molecule has 1 aliphatic rings. The fraction of sp³-hybridized carbons (Fsp3) is 0.174. The van der Waals surface area contributed by atoms with Crippen molar-refractivity contribution in [2.75, 3.05) is 12.4 Å². The first-order valence-electron chi connectivity index (χ1n) is 11.1. The molecule has 1 aliphatic heterocycles. The topological polar surface area (TPSA) is 132 Å². The molecule has 6 rings (SSSR count). The van der Waals surface area contributed by atoms with Gasteiger partial charge in [-0.3, -0.25) is 9.36 Å². The molecule has 13 heteroatoms. The molecule has 36 heavy (non-hydrogen) atoms. The van der Waals surface area contributed by atoms with Crippen LogP contribution >= 0.6 is 23.2 Å². The van der Waals surface area contributed by atoms with E-state index in [-0.39, 0.29) is 11.6 Å². The minimum Gasteiger partial charge on any atom is -0.373 e. The number of aryl methyl sites for hydroxylation is 1. The monoisotopic (exact) mass is 520 g/mol. The molecular weight excluding hydrogens is 503 g/mol. The molecule has 1 aromatic carbocycles. The molecule has 11 nitrogen and oxygen atoms in total. The van der Waals surface area contributed by atoms with Crippen LogP contribution in [0.4, 0.5) is 5.82 Å². The number of anilines is 1. The fourth-order valence-corrected chi connectivity index (χ4v) is 4.85. The molecule has 0 aliphatic carbocycles. The van der Waals surface area contributed by atoms with Gasteiger partial charge in [0.2, 0.25) is 0 Å². The van der Waals surface area contributed by atoms with Crippen molar-refractivity contribution in [2.45, 2.75) is 18.9 Å². The number of imidazole rings is 1. The molecule has 0 fully saturated rings. The molecule has 0 saturated carbocycles. The number of pyridine rings is 1. The van der Waals surface area contributed by atoms with Crippen LogP contribution in [0.15, 0.2) is 53.7 Å². The number of aromatic nitrogens is 9. The van der Waals surface area contributed by atoms with Gasteiger partial charge in [-0.2, -0.15) is 4.68 Å². The molecular formula is C23H18Cl2N10O. The quantitative estimate of drug-likeness (QED) is 0.359. The highest BCUT2D eigenvalue weighted by molar-refractivity contribution is 6.32. The van der Waals surface area contributed by atoms with Gasteiger partial charge in [0.05, 0.1) is 23.1 Å². The third kappa shape index (κ3) is 3.82. The first kappa shape index (κ1) is 22.4. The van der Waals surface area contributed by atoms with Crippen LogP contribution in [0.3, 0.4) is 0 Å². The van der Waals surface area contributed by atoms with Crippen LogP contribution in [-0.4, -0.2) is 51.8 Å². The van der Waals surface area contributed by atoms with Gasteiger partial charge in [0.1, 0.15) is 23.8 Å². The zero-order chi connectivity index (χ0) is 24.8. The highest BCUT2D eigenvalue weighted by atomic mass is 35.5. The molecule has 0 saturated heterocycles. The van der Waals surface area contributed by atoms with Gasteiger partial charge in [0, 0.05) is 41.9 Å². The van der Waals surface area contributed by atoms with Crippen molar-refractivity contribution in [3.63, 3.8) is 0 Å². The van der Waals surface area contributed by atoms with Crippen molar-refractivity contribution in [1.29, 1.82) is 0 Å². The maximum absolute atomic E-state index is 13.4. The normalized spacial score (nSPS) is 14.7. The molecule has 1 atom stereocenters. The Kier molecular flexibility index (Phi) is 5.50. The molecule has 0 unspecified atom stereocenters. The average Bonchev–Trinajstić information content (AvgIpc) is 3.64. The Bertz CT molecular complexity index is 1630. The number of hydrogen-bond donors (Lipinski definition) is 2. The highest BCUT2D eigenvalue weighted by Crippen LogP contribution is 2.34. The van der Waals surface area contributed by atoms with Crippen molar-refractivity contribution < 1.29 is 0 Å². The zero-order valence-corrected chi connectivity index (χ0v) is 20.4. The molecule has 5 heterocycles. The summed E-state index contributed by atoms with van der Waals surface area (Å²) < 4.78 is 3.16. The Labute approximate surface area is 214 Å². The van der Waals surface area contributed by atoms with E-state index < -0.39 is 0 Å². The summed E-state index contributed by atoms with van der Waals surface area (Å²) >= 11 is 12.7. The number of benzene rings is 1. The van der Waals surface area contributed by atoms with Gasteiger partial charge in [-0.25, -0.2) is 15.0 Å². The minimum absolute atomic E-state index is 0.200. The maximum atomic E-state index is 13.4. The van der Waals surface area contributed by atoms with Crippen molar-refractivity contribution in [3.05, 3.63) is 81.1 Å². The number of fused-ring (bicyclic) bond motifs is 1. The van der Waals surface area contributed by atoms with E-state index in [0.29, 0.717) is 57.3 Å². The SMILES string of the molecule is CNc1ccc(-c2[nH]c([C@@H]3CCc4nc(-c5cc(Cl)ccc5-n5cnnn5)cc(=O)n43)nc2Cl)cn1. The number of hydrogen-bond acceptors (Lipinski definition) is 8. The van der Waals surface area contributed by atoms with E-state index in [1.807, 2.05) is 12.1 Å². The molecule has 4 aromatic heterocycles. The third-order valence-electron chi connectivity index (χ3n) is 6.11. The number of aromatic amines is 1. The second-order valence-corrected chi connectivity index (χ2v) is 9.00. The van der Waals surface area contributed by atoms with Crippen molar-refractivity contribution in [1.82, 2.24) is 44.7 Å². The zero-order valence-electron chi connectivity index (χ0n) is 18.9. The van der Waals surface area contributed by atoms with Crippen LogP contribution in [0.1, 0.15) is 24.1 Å². The molecule has 2 N–H and O–H groups in total. The van der Waals surface area contributed by atoms with Gasteiger partial charge in [0.15, 0.2) is 5.15 Å². The lowest BCUT2D eigenvalue weighted by atomic mass is 10.1. The first-order chi connectivity index (χ1) is 17.5. The van der Waals surface area contributed by atoms with E-state index >= 15 is 0 Å². The van der Waals surface area contributed by atoms with Crippen LogP contribution in [0.5, 0.6) is 0 Å². The van der Waals surface area contributed by atoms with Crippen LogP contribution in [0, 0.1) is 0 Å². The van der Waals surface area contributed by atoms with Crippen molar-refractivity contribution in [2.24, 2.45) is 0 Å². The summed E-state index contributed by atoms with van der Waals surface area (Å²) in [6.07, 6.45) is 4.44. The van der Waals surface area contributed by atoms with Gasteiger partial charge in [-0.15, -0.1) is 5.10 Å². The summed E-state index contributed by atoms with van der Waals surface area (Å²) in [6, 6.07) is 10.2. The smallest absolute Gasteiger partial charge is 0.254 e.